The number of nitrogens with zero attached hydrogens (tertiary/aromatic N) is 1. The van der Waals surface area contributed by atoms with Crippen molar-refractivity contribution in [3.05, 3.63) is 20.8 Å². The van der Waals surface area contributed by atoms with E-state index in [9.17, 15) is 14.4 Å². The number of rotatable bonds is 7. The van der Waals surface area contributed by atoms with Gasteiger partial charge in [0.25, 0.3) is 5.56 Å². The fourth-order valence-electron chi connectivity index (χ4n) is 1.93. The van der Waals surface area contributed by atoms with Crippen molar-refractivity contribution in [2.45, 2.75) is 32.4 Å². The number of amides is 1. The molecule has 0 aliphatic carbocycles. The van der Waals surface area contributed by atoms with E-state index in [1.54, 1.807) is 13.8 Å². The first-order valence-corrected chi connectivity index (χ1v) is 6.36. The molecule has 0 aliphatic rings. The van der Waals surface area contributed by atoms with Crippen LogP contribution in [0.1, 0.15) is 20.3 Å². The number of nitrogens with one attached hydrogen (secondary N) is 2. The molecule has 1 amide bonds. The van der Waals surface area contributed by atoms with Crippen molar-refractivity contribution in [2.24, 2.45) is 5.73 Å². The molecule has 118 valence electrons. The van der Waals surface area contributed by atoms with Gasteiger partial charge in [-0.05, 0) is 13.8 Å². The first kappa shape index (κ1) is 16.8. The van der Waals surface area contributed by atoms with Crippen LogP contribution in [-0.4, -0.2) is 34.7 Å². The number of nitrogens with two attached hydrogens (primary N) is 2. The highest BCUT2D eigenvalue weighted by Gasteiger charge is 2.24. The van der Waals surface area contributed by atoms with Gasteiger partial charge in [-0.2, -0.15) is 0 Å². The molecule has 21 heavy (non-hydrogen) atoms. The van der Waals surface area contributed by atoms with Crippen molar-refractivity contribution in [1.82, 2.24) is 9.55 Å². The normalized spacial score (nSPS) is 11.4. The highest BCUT2D eigenvalue weighted by atomic mass is 16.5. The minimum absolute atomic E-state index is 0.00305. The third-order valence-electron chi connectivity index (χ3n) is 2.84. The molecule has 0 bridgehead atoms. The predicted octanol–water partition coefficient (Wildman–Crippen LogP) is -1.17. The summed E-state index contributed by atoms with van der Waals surface area (Å²) in [6, 6.07) is 0. The number of methoxy groups -OCH3 is 1. The Hall–Kier alpha value is -2.29. The summed E-state index contributed by atoms with van der Waals surface area (Å²) in [5.74, 6) is -0.534. The molecular weight excluding hydrogens is 278 g/mol. The molecule has 0 saturated heterocycles. The van der Waals surface area contributed by atoms with Gasteiger partial charge < -0.3 is 21.5 Å². The maximum Gasteiger partial charge on any atom is 0.330 e. The Morgan fingerprint density at radius 2 is 2.05 bits per heavy atom. The van der Waals surface area contributed by atoms with E-state index in [4.69, 9.17) is 16.2 Å². The Labute approximate surface area is 121 Å². The fraction of sp³-hybridized carbons (Fsp3) is 0.583. The van der Waals surface area contributed by atoms with Crippen molar-refractivity contribution in [2.75, 3.05) is 24.8 Å². The van der Waals surface area contributed by atoms with Crippen LogP contribution in [0.15, 0.2) is 9.59 Å². The van der Waals surface area contributed by atoms with Crippen LogP contribution in [0.25, 0.3) is 0 Å². The molecule has 0 aromatic carbocycles. The molecule has 0 spiro atoms. The van der Waals surface area contributed by atoms with Gasteiger partial charge in [0.1, 0.15) is 11.5 Å². The number of hydrogen-bond acceptors (Lipinski definition) is 6. The van der Waals surface area contributed by atoms with E-state index in [1.807, 2.05) is 0 Å². The summed E-state index contributed by atoms with van der Waals surface area (Å²) in [5.41, 5.74) is 9.01. The smallest absolute Gasteiger partial charge is 0.330 e. The zero-order valence-corrected chi connectivity index (χ0v) is 12.4. The number of H-pyrrole nitrogens is 1. The number of aromatic amines is 1. The summed E-state index contributed by atoms with van der Waals surface area (Å²) in [6.07, 6.45) is 0.00305. The van der Waals surface area contributed by atoms with Gasteiger partial charge in [0, 0.05) is 19.1 Å². The molecule has 9 heteroatoms. The van der Waals surface area contributed by atoms with Crippen molar-refractivity contribution in [3.63, 3.8) is 0 Å². The molecule has 1 rings (SSSR count). The number of anilines is 2. The molecule has 6 N–H and O–H groups in total. The van der Waals surface area contributed by atoms with E-state index >= 15 is 0 Å². The number of aromatic nitrogens is 2. The lowest BCUT2D eigenvalue weighted by atomic mass is 10.00. The number of hydrogen-bond donors (Lipinski definition) is 4. The van der Waals surface area contributed by atoms with Gasteiger partial charge in [0.2, 0.25) is 5.91 Å². The Morgan fingerprint density at radius 1 is 1.43 bits per heavy atom. The van der Waals surface area contributed by atoms with Crippen LogP contribution in [0.5, 0.6) is 0 Å². The molecule has 1 aromatic heterocycles. The zero-order chi connectivity index (χ0) is 16.2. The summed E-state index contributed by atoms with van der Waals surface area (Å²) in [6.45, 7) is 3.85. The Bertz CT molecular complexity index is 632. The first-order chi connectivity index (χ1) is 9.68. The van der Waals surface area contributed by atoms with Gasteiger partial charge in [0.05, 0.1) is 13.2 Å². The predicted molar refractivity (Wildman–Crippen MR) is 79.1 cm³/mol. The molecule has 1 aromatic rings. The number of nitrogen functional groups attached to an aromatic ring is 1. The van der Waals surface area contributed by atoms with E-state index in [-0.39, 0.29) is 31.1 Å². The third-order valence-corrected chi connectivity index (χ3v) is 2.84. The summed E-state index contributed by atoms with van der Waals surface area (Å²) in [5, 5.41) is 2.86. The zero-order valence-electron chi connectivity index (χ0n) is 12.4. The van der Waals surface area contributed by atoms with Crippen LogP contribution in [0.4, 0.5) is 11.5 Å². The van der Waals surface area contributed by atoms with Gasteiger partial charge in [-0.25, -0.2) is 4.79 Å². The Kier molecular flexibility index (Phi) is 5.14. The summed E-state index contributed by atoms with van der Waals surface area (Å²) < 4.78 is 6.08. The quantitative estimate of drug-likeness (QED) is 0.499. The first-order valence-electron chi connectivity index (χ1n) is 6.36. The number of ether oxygens (including phenoxy) is 1. The van der Waals surface area contributed by atoms with Crippen molar-refractivity contribution in [3.8, 4) is 0 Å². The van der Waals surface area contributed by atoms with Gasteiger partial charge in [0.15, 0.2) is 0 Å². The van der Waals surface area contributed by atoms with Crippen molar-refractivity contribution < 1.29 is 9.53 Å². The Balaban J connectivity index is 3.21. The van der Waals surface area contributed by atoms with Crippen molar-refractivity contribution >= 4 is 17.4 Å². The van der Waals surface area contributed by atoms with Gasteiger partial charge in [-0.3, -0.25) is 19.1 Å². The molecule has 0 unspecified atom stereocenters. The van der Waals surface area contributed by atoms with Gasteiger partial charge in [-0.1, -0.05) is 0 Å². The molecule has 1 heterocycles. The summed E-state index contributed by atoms with van der Waals surface area (Å²) >= 11 is 0. The third kappa shape index (κ3) is 4.35. The van der Waals surface area contributed by atoms with E-state index in [0.29, 0.717) is 0 Å². The Morgan fingerprint density at radius 3 is 2.57 bits per heavy atom. The fourth-order valence-corrected chi connectivity index (χ4v) is 1.93. The monoisotopic (exact) mass is 299 g/mol. The maximum absolute atomic E-state index is 11.9. The lowest BCUT2D eigenvalue weighted by molar-refractivity contribution is -0.118. The second-order valence-electron chi connectivity index (χ2n) is 5.32. The average molecular weight is 299 g/mol. The topological polar surface area (TPSA) is 145 Å². The standard InChI is InChI=1S/C12H21N5O4/c1-12(2,6-7(13)18)16-8-9(14)17(4-5-21-3)11(20)15-10(8)19/h16H,4-6,14H2,1-3H3,(H2,13,18)(H,15,19,20). The summed E-state index contributed by atoms with van der Waals surface area (Å²) in [7, 11) is 1.49. The van der Waals surface area contributed by atoms with E-state index in [0.717, 1.165) is 0 Å². The molecule has 0 fully saturated rings. The van der Waals surface area contributed by atoms with Gasteiger partial charge in [-0.15, -0.1) is 0 Å². The molecule has 0 radical (unpaired) electrons. The number of carbonyl (C=O) groups excluding carboxylic acids is 1. The van der Waals surface area contributed by atoms with Crippen LogP contribution < -0.4 is 28.0 Å². The highest BCUT2D eigenvalue weighted by Crippen LogP contribution is 2.19. The van der Waals surface area contributed by atoms with Crippen LogP contribution in [0.3, 0.4) is 0 Å². The molecular formula is C12H21N5O4. The van der Waals surface area contributed by atoms with Crippen LogP contribution in [0.2, 0.25) is 0 Å². The summed E-state index contributed by atoms with van der Waals surface area (Å²) in [4.78, 5) is 36.8. The minimum Gasteiger partial charge on any atom is -0.383 e. The highest BCUT2D eigenvalue weighted by molar-refractivity contribution is 5.76. The second-order valence-corrected chi connectivity index (χ2v) is 5.32. The van der Waals surface area contributed by atoms with Crippen molar-refractivity contribution in [1.29, 1.82) is 0 Å². The average Bonchev–Trinajstić information content (AvgIpc) is 2.32. The molecule has 0 atom stereocenters. The van der Waals surface area contributed by atoms with E-state index in [2.05, 4.69) is 10.3 Å². The van der Waals surface area contributed by atoms with Gasteiger partial charge >= 0.3 is 5.69 Å². The maximum atomic E-state index is 11.9. The van der Waals surface area contributed by atoms with Crippen LogP contribution in [-0.2, 0) is 16.1 Å². The van der Waals surface area contributed by atoms with E-state index in [1.165, 1.54) is 11.7 Å². The molecule has 0 saturated carbocycles. The molecule has 0 aliphatic heterocycles. The SMILES string of the molecule is COCCn1c(N)c(NC(C)(C)CC(N)=O)c(=O)[nH]c1=O. The number of primary amides is 1. The lowest BCUT2D eigenvalue weighted by Gasteiger charge is -2.26. The van der Waals surface area contributed by atoms with Crippen LogP contribution in [0, 0.1) is 0 Å². The second kappa shape index (κ2) is 6.44. The minimum atomic E-state index is -0.781. The number of carbonyl (C=O) groups is 1. The van der Waals surface area contributed by atoms with E-state index < -0.39 is 22.7 Å². The largest absolute Gasteiger partial charge is 0.383 e. The van der Waals surface area contributed by atoms with Crippen LogP contribution >= 0.6 is 0 Å². The lowest BCUT2D eigenvalue weighted by Crippen LogP contribution is -2.41. The molecule has 9 nitrogen and oxygen atoms in total.